The molecule has 6 heteroatoms. The summed E-state index contributed by atoms with van der Waals surface area (Å²) < 4.78 is 5.78. The zero-order valence-electron chi connectivity index (χ0n) is 18.2. The highest BCUT2D eigenvalue weighted by Gasteiger charge is 2.21. The first kappa shape index (κ1) is 24.4. The van der Waals surface area contributed by atoms with Crippen molar-refractivity contribution < 1.29 is 4.74 Å². The monoisotopic (exact) mass is 514 g/mol. The van der Waals surface area contributed by atoms with E-state index in [0.29, 0.717) is 6.10 Å². The normalized spacial score (nSPS) is 19.1. The van der Waals surface area contributed by atoms with Crippen LogP contribution < -0.4 is 5.32 Å². The largest absolute Gasteiger partial charge is 0.378 e. The first-order valence-corrected chi connectivity index (χ1v) is 11.2. The Balaban J connectivity index is 0.00000300. The van der Waals surface area contributed by atoms with Gasteiger partial charge in [0.2, 0.25) is 0 Å². The molecule has 164 valence electrons. The van der Waals surface area contributed by atoms with Crippen LogP contribution in [-0.4, -0.2) is 61.2 Å². The fourth-order valence-electron chi connectivity index (χ4n) is 4.19. The molecule has 0 saturated carbocycles. The zero-order valence-corrected chi connectivity index (χ0v) is 20.6. The standard InChI is InChI=1S/C23H38N4O.HI/c1-3-24-23(27-16-12-22(13-17-27)28-4-2)25-18-20-8-10-21(11-9-20)19-26-14-6-5-7-15-26;/h8-11,22H,3-7,12-19H2,1-2H3,(H,24,25);1H. The summed E-state index contributed by atoms with van der Waals surface area (Å²) in [4.78, 5) is 9.86. The van der Waals surface area contributed by atoms with Gasteiger partial charge in [-0.2, -0.15) is 0 Å². The lowest BCUT2D eigenvalue weighted by Crippen LogP contribution is -2.47. The van der Waals surface area contributed by atoms with E-state index >= 15 is 0 Å². The molecule has 3 rings (SSSR count). The summed E-state index contributed by atoms with van der Waals surface area (Å²) in [5.74, 6) is 1.04. The highest BCUT2D eigenvalue weighted by molar-refractivity contribution is 14.0. The minimum Gasteiger partial charge on any atom is -0.378 e. The lowest BCUT2D eigenvalue weighted by Gasteiger charge is -2.34. The number of ether oxygens (including phenoxy) is 1. The van der Waals surface area contributed by atoms with Crippen molar-refractivity contribution in [1.82, 2.24) is 15.1 Å². The Kier molecular flexibility index (Phi) is 11.3. The summed E-state index contributed by atoms with van der Waals surface area (Å²) in [7, 11) is 0. The summed E-state index contributed by atoms with van der Waals surface area (Å²) in [5.41, 5.74) is 2.70. The molecule has 1 aromatic rings. The first-order valence-electron chi connectivity index (χ1n) is 11.2. The van der Waals surface area contributed by atoms with Crippen molar-refractivity contribution in [3.05, 3.63) is 35.4 Å². The fraction of sp³-hybridized carbons (Fsp3) is 0.696. The van der Waals surface area contributed by atoms with Gasteiger partial charge in [0.05, 0.1) is 12.6 Å². The summed E-state index contributed by atoms with van der Waals surface area (Å²) in [5, 5.41) is 3.46. The van der Waals surface area contributed by atoms with Crippen molar-refractivity contribution in [3.63, 3.8) is 0 Å². The Hall–Kier alpha value is -0.860. The molecular weight excluding hydrogens is 475 g/mol. The van der Waals surface area contributed by atoms with Crippen LogP contribution in [0.2, 0.25) is 0 Å². The molecule has 2 aliphatic rings. The maximum absolute atomic E-state index is 5.78. The van der Waals surface area contributed by atoms with Gasteiger partial charge >= 0.3 is 0 Å². The predicted molar refractivity (Wildman–Crippen MR) is 132 cm³/mol. The number of likely N-dealkylation sites (tertiary alicyclic amines) is 2. The fourth-order valence-corrected chi connectivity index (χ4v) is 4.19. The van der Waals surface area contributed by atoms with Gasteiger partial charge in [0, 0.05) is 32.8 Å². The number of benzene rings is 1. The van der Waals surface area contributed by atoms with Gasteiger partial charge < -0.3 is 15.0 Å². The van der Waals surface area contributed by atoms with Crippen molar-refractivity contribution in [2.45, 2.75) is 65.1 Å². The van der Waals surface area contributed by atoms with E-state index in [1.807, 2.05) is 0 Å². The highest BCUT2D eigenvalue weighted by atomic mass is 127. The summed E-state index contributed by atoms with van der Waals surface area (Å²) in [6, 6.07) is 9.04. The molecule has 0 atom stereocenters. The third-order valence-electron chi connectivity index (χ3n) is 5.77. The SMILES string of the molecule is CCNC(=NCc1ccc(CN2CCCCC2)cc1)N1CCC(OCC)CC1.I. The molecule has 2 fully saturated rings. The van der Waals surface area contributed by atoms with Gasteiger partial charge in [-0.25, -0.2) is 4.99 Å². The molecule has 2 saturated heterocycles. The number of halogens is 1. The third-order valence-corrected chi connectivity index (χ3v) is 5.77. The van der Waals surface area contributed by atoms with Gasteiger partial charge in [0.25, 0.3) is 0 Å². The molecule has 2 heterocycles. The number of nitrogens with one attached hydrogen (secondary N) is 1. The van der Waals surface area contributed by atoms with Crippen LogP contribution in [0.3, 0.4) is 0 Å². The average Bonchev–Trinajstić information content (AvgIpc) is 2.74. The van der Waals surface area contributed by atoms with Crippen LogP contribution in [0.15, 0.2) is 29.3 Å². The molecule has 5 nitrogen and oxygen atoms in total. The Bertz CT molecular complexity index is 593. The van der Waals surface area contributed by atoms with Crippen molar-refractivity contribution >= 4 is 29.9 Å². The third kappa shape index (κ3) is 8.06. The van der Waals surface area contributed by atoms with Gasteiger partial charge in [0.1, 0.15) is 0 Å². The Labute approximate surface area is 194 Å². The number of piperidine rings is 2. The van der Waals surface area contributed by atoms with Crippen molar-refractivity contribution in [3.8, 4) is 0 Å². The summed E-state index contributed by atoms with van der Waals surface area (Å²) >= 11 is 0. The molecule has 1 aromatic carbocycles. The summed E-state index contributed by atoms with van der Waals surface area (Å²) in [6.07, 6.45) is 6.68. The van der Waals surface area contributed by atoms with E-state index in [9.17, 15) is 0 Å². The van der Waals surface area contributed by atoms with Crippen LogP contribution in [0.1, 0.15) is 57.1 Å². The zero-order chi connectivity index (χ0) is 19.6. The van der Waals surface area contributed by atoms with Crippen LogP contribution in [0.4, 0.5) is 0 Å². The maximum atomic E-state index is 5.78. The average molecular weight is 514 g/mol. The molecule has 1 N–H and O–H groups in total. The summed E-state index contributed by atoms with van der Waals surface area (Å²) in [6.45, 7) is 12.3. The van der Waals surface area contributed by atoms with Crippen LogP contribution in [0.5, 0.6) is 0 Å². The van der Waals surface area contributed by atoms with Crippen molar-refractivity contribution in [2.24, 2.45) is 4.99 Å². The first-order chi connectivity index (χ1) is 13.8. The van der Waals surface area contributed by atoms with Gasteiger partial charge in [-0.3, -0.25) is 4.90 Å². The second kappa shape index (κ2) is 13.4. The van der Waals surface area contributed by atoms with Gasteiger partial charge in [-0.1, -0.05) is 30.7 Å². The van der Waals surface area contributed by atoms with E-state index in [1.165, 1.54) is 43.5 Å². The van der Waals surface area contributed by atoms with E-state index in [4.69, 9.17) is 9.73 Å². The van der Waals surface area contributed by atoms with Crippen molar-refractivity contribution in [2.75, 3.05) is 39.3 Å². The molecule has 0 bridgehead atoms. The second-order valence-electron chi connectivity index (χ2n) is 7.97. The number of guanidine groups is 1. The Morgan fingerprint density at radius 2 is 1.66 bits per heavy atom. The highest BCUT2D eigenvalue weighted by Crippen LogP contribution is 2.16. The quantitative estimate of drug-likeness (QED) is 0.336. The predicted octanol–water partition coefficient (Wildman–Crippen LogP) is 4.26. The van der Waals surface area contributed by atoms with E-state index < -0.39 is 0 Å². The molecule has 0 radical (unpaired) electrons. The molecule has 0 amide bonds. The molecule has 0 aromatic heterocycles. The number of hydrogen-bond acceptors (Lipinski definition) is 3. The topological polar surface area (TPSA) is 40.1 Å². The number of nitrogens with zero attached hydrogens (tertiary/aromatic N) is 3. The molecule has 2 aliphatic heterocycles. The lowest BCUT2D eigenvalue weighted by atomic mass is 10.1. The molecular formula is C23H39IN4O. The molecule has 0 aliphatic carbocycles. The van der Waals surface area contributed by atoms with Crippen LogP contribution in [0, 0.1) is 0 Å². The number of aliphatic imine (C=N–C) groups is 1. The van der Waals surface area contributed by atoms with Crippen molar-refractivity contribution in [1.29, 1.82) is 0 Å². The van der Waals surface area contributed by atoms with Crippen LogP contribution in [0.25, 0.3) is 0 Å². The van der Waals surface area contributed by atoms with E-state index in [1.54, 1.807) is 0 Å². The number of rotatable bonds is 7. The Morgan fingerprint density at radius 3 is 2.28 bits per heavy atom. The number of hydrogen-bond donors (Lipinski definition) is 1. The van der Waals surface area contributed by atoms with E-state index in [-0.39, 0.29) is 24.0 Å². The van der Waals surface area contributed by atoms with Crippen LogP contribution in [-0.2, 0) is 17.8 Å². The lowest BCUT2D eigenvalue weighted by molar-refractivity contribution is 0.0263. The van der Waals surface area contributed by atoms with Gasteiger partial charge in [-0.15, -0.1) is 24.0 Å². The minimum atomic E-state index is 0. The van der Waals surface area contributed by atoms with Gasteiger partial charge in [-0.05, 0) is 63.7 Å². The smallest absolute Gasteiger partial charge is 0.194 e. The van der Waals surface area contributed by atoms with E-state index in [2.05, 4.69) is 53.2 Å². The maximum Gasteiger partial charge on any atom is 0.194 e. The van der Waals surface area contributed by atoms with Crippen LogP contribution >= 0.6 is 24.0 Å². The van der Waals surface area contributed by atoms with E-state index in [0.717, 1.165) is 58.1 Å². The minimum absolute atomic E-state index is 0. The second-order valence-corrected chi connectivity index (χ2v) is 7.97. The Morgan fingerprint density at radius 1 is 1.00 bits per heavy atom. The van der Waals surface area contributed by atoms with Gasteiger partial charge in [0.15, 0.2) is 5.96 Å². The molecule has 0 unspecified atom stereocenters. The molecule has 0 spiro atoms. The molecule has 29 heavy (non-hydrogen) atoms.